The van der Waals surface area contributed by atoms with Crippen LogP contribution in [0.3, 0.4) is 0 Å². The normalized spacial score (nSPS) is 15.6. The third kappa shape index (κ3) is 4.36. The van der Waals surface area contributed by atoms with E-state index in [9.17, 15) is 0 Å². The molecule has 0 bridgehead atoms. The Morgan fingerprint density at radius 2 is 1.96 bits per heavy atom. The Morgan fingerprint density at radius 3 is 2.82 bits per heavy atom. The molecular formula is C23H32N4O. The lowest BCUT2D eigenvalue weighted by Gasteiger charge is -2.22. The number of pyridine rings is 1. The molecule has 0 saturated heterocycles. The number of aryl methyl sites for hydroxylation is 1. The molecule has 1 aliphatic carbocycles. The highest BCUT2D eigenvalue weighted by atomic mass is 16.5. The number of ether oxygens (including phenoxy) is 1. The molecule has 1 saturated carbocycles. The van der Waals surface area contributed by atoms with Gasteiger partial charge in [-0.1, -0.05) is 37.5 Å². The number of aromatic nitrogens is 3. The Kier molecular flexibility index (Phi) is 6.55. The maximum atomic E-state index is 5.32. The zero-order valence-corrected chi connectivity index (χ0v) is 17.0. The van der Waals surface area contributed by atoms with E-state index in [1.165, 1.54) is 49.4 Å². The van der Waals surface area contributed by atoms with Crippen LogP contribution in [0.15, 0.2) is 30.5 Å². The summed E-state index contributed by atoms with van der Waals surface area (Å²) in [7, 11) is 1.75. The molecule has 1 N–H and O–H groups in total. The number of imidazole rings is 1. The Morgan fingerprint density at radius 1 is 1.11 bits per heavy atom. The summed E-state index contributed by atoms with van der Waals surface area (Å²) >= 11 is 0. The van der Waals surface area contributed by atoms with E-state index >= 15 is 0 Å². The standard InChI is InChI=1S/C23H32N4O/c1-28-16-13-22-26-21-17-25-20-12-6-5-11-19(20)23(21)27(22)15-8-7-14-24-18-9-3-2-4-10-18/h5-6,11-12,17-18,24H,2-4,7-10,13-16H2,1H3. The van der Waals surface area contributed by atoms with Gasteiger partial charge >= 0.3 is 0 Å². The minimum absolute atomic E-state index is 0.692. The van der Waals surface area contributed by atoms with Crippen LogP contribution in [0.1, 0.15) is 50.8 Å². The lowest BCUT2D eigenvalue weighted by molar-refractivity contribution is 0.199. The summed E-state index contributed by atoms with van der Waals surface area (Å²) in [6, 6.07) is 9.12. The van der Waals surface area contributed by atoms with Crippen molar-refractivity contribution in [3.63, 3.8) is 0 Å². The monoisotopic (exact) mass is 380 g/mol. The van der Waals surface area contributed by atoms with Crippen LogP contribution < -0.4 is 5.32 Å². The highest BCUT2D eigenvalue weighted by molar-refractivity contribution is 6.02. The van der Waals surface area contributed by atoms with Gasteiger partial charge in [0.1, 0.15) is 11.3 Å². The fourth-order valence-corrected chi connectivity index (χ4v) is 4.44. The summed E-state index contributed by atoms with van der Waals surface area (Å²) in [6.45, 7) is 2.81. The maximum absolute atomic E-state index is 5.32. The Balaban J connectivity index is 1.48. The van der Waals surface area contributed by atoms with Crippen molar-refractivity contribution in [2.75, 3.05) is 20.3 Å². The number of unbranched alkanes of at least 4 members (excludes halogenated alkanes) is 1. The van der Waals surface area contributed by atoms with Gasteiger partial charge in [-0.25, -0.2) is 4.98 Å². The fraction of sp³-hybridized carbons (Fsp3) is 0.565. The SMILES string of the molecule is COCCc1nc2cnc3ccccc3c2n1CCCCNC1CCCCC1. The first-order valence-electron chi connectivity index (χ1n) is 10.8. The second-order valence-electron chi connectivity index (χ2n) is 7.93. The number of hydrogen-bond acceptors (Lipinski definition) is 4. The van der Waals surface area contributed by atoms with Crippen LogP contribution in [-0.2, 0) is 17.7 Å². The minimum atomic E-state index is 0.692. The second-order valence-corrected chi connectivity index (χ2v) is 7.93. The van der Waals surface area contributed by atoms with Crippen LogP contribution in [0.25, 0.3) is 21.9 Å². The molecule has 0 aliphatic heterocycles. The molecule has 1 aromatic carbocycles. The third-order valence-electron chi connectivity index (χ3n) is 5.94. The molecule has 1 fully saturated rings. The van der Waals surface area contributed by atoms with Gasteiger partial charge in [-0.15, -0.1) is 0 Å². The lowest BCUT2D eigenvalue weighted by atomic mass is 9.95. The summed E-state index contributed by atoms with van der Waals surface area (Å²) in [6.07, 6.45) is 12.0. The number of benzene rings is 1. The molecule has 2 aromatic heterocycles. The quantitative estimate of drug-likeness (QED) is 0.556. The summed E-state index contributed by atoms with van der Waals surface area (Å²) in [5.74, 6) is 1.11. The molecule has 3 aromatic rings. The number of methoxy groups -OCH3 is 1. The van der Waals surface area contributed by atoms with Crippen molar-refractivity contribution in [3.05, 3.63) is 36.3 Å². The van der Waals surface area contributed by atoms with Crippen molar-refractivity contribution in [3.8, 4) is 0 Å². The molecule has 0 unspecified atom stereocenters. The van der Waals surface area contributed by atoms with Crippen LogP contribution in [0.4, 0.5) is 0 Å². The Bertz CT molecular complexity index is 898. The first-order chi connectivity index (χ1) is 13.9. The van der Waals surface area contributed by atoms with Gasteiger partial charge in [0.05, 0.1) is 23.8 Å². The predicted molar refractivity (Wildman–Crippen MR) is 115 cm³/mol. The largest absolute Gasteiger partial charge is 0.384 e. The van der Waals surface area contributed by atoms with Crippen molar-refractivity contribution in [1.82, 2.24) is 19.9 Å². The summed E-state index contributed by atoms with van der Waals surface area (Å²) in [5, 5.41) is 4.95. The van der Waals surface area contributed by atoms with E-state index in [4.69, 9.17) is 9.72 Å². The van der Waals surface area contributed by atoms with E-state index in [0.717, 1.165) is 48.8 Å². The van der Waals surface area contributed by atoms with Gasteiger partial charge in [0, 0.05) is 31.5 Å². The molecule has 4 rings (SSSR count). The average molecular weight is 381 g/mol. The number of rotatable bonds is 9. The van der Waals surface area contributed by atoms with Gasteiger partial charge < -0.3 is 14.6 Å². The first-order valence-corrected chi connectivity index (χ1v) is 10.8. The van der Waals surface area contributed by atoms with Crippen molar-refractivity contribution < 1.29 is 4.74 Å². The average Bonchev–Trinajstić information content (AvgIpc) is 3.10. The zero-order chi connectivity index (χ0) is 19.2. The van der Waals surface area contributed by atoms with E-state index in [-0.39, 0.29) is 0 Å². The van der Waals surface area contributed by atoms with Crippen LogP contribution >= 0.6 is 0 Å². The van der Waals surface area contributed by atoms with E-state index in [1.54, 1.807) is 7.11 Å². The molecular weight excluding hydrogens is 348 g/mol. The van der Waals surface area contributed by atoms with Crippen molar-refractivity contribution in [2.45, 2.75) is 64.0 Å². The molecule has 150 valence electrons. The fourth-order valence-electron chi connectivity index (χ4n) is 4.44. The molecule has 28 heavy (non-hydrogen) atoms. The van der Waals surface area contributed by atoms with Gasteiger partial charge in [0.2, 0.25) is 0 Å². The second kappa shape index (κ2) is 9.48. The number of hydrogen-bond donors (Lipinski definition) is 1. The van der Waals surface area contributed by atoms with Gasteiger partial charge in [0.25, 0.3) is 0 Å². The summed E-state index contributed by atoms with van der Waals surface area (Å²) in [5.41, 5.74) is 3.25. The molecule has 0 radical (unpaired) electrons. The minimum Gasteiger partial charge on any atom is -0.384 e. The lowest BCUT2D eigenvalue weighted by Crippen LogP contribution is -2.31. The molecule has 1 aliphatic rings. The van der Waals surface area contributed by atoms with Crippen LogP contribution in [0.5, 0.6) is 0 Å². The third-order valence-corrected chi connectivity index (χ3v) is 5.94. The first kappa shape index (κ1) is 19.3. The van der Waals surface area contributed by atoms with Gasteiger partial charge in [-0.05, 0) is 38.3 Å². The number of para-hydroxylation sites is 1. The summed E-state index contributed by atoms with van der Waals surface area (Å²) < 4.78 is 7.72. The zero-order valence-electron chi connectivity index (χ0n) is 17.0. The van der Waals surface area contributed by atoms with Gasteiger partial charge in [0.15, 0.2) is 0 Å². The Labute approximate surface area is 167 Å². The predicted octanol–water partition coefficient (Wildman–Crippen LogP) is 4.48. The van der Waals surface area contributed by atoms with E-state index < -0.39 is 0 Å². The highest BCUT2D eigenvalue weighted by Crippen LogP contribution is 2.25. The highest BCUT2D eigenvalue weighted by Gasteiger charge is 2.15. The van der Waals surface area contributed by atoms with Gasteiger partial charge in [-0.3, -0.25) is 4.98 Å². The van der Waals surface area contributed by atoms with Crippen LogP contribution in [0, 0.1) is 0 Å². The maximum Gasteiger partial charge on any atom is 0.112 e. The molecule has 5 nitrogen and oxygen atoms in total. The van der Waals surface area contributed by atoms with E-state index in [1.807, 2.05) is 12.3 Å². The van der Waals surface area contributed by atoms with Crippen LogP contribution in [-0.4, -0.2) is 40.8 Å². The number of nitrogens with one attached hydrogen (secondary N) is 1. The van der Waals surface area contributed by atoms with Crippen molar-refractivity contribution in [1.29, 1.82) is 0 Å². The topological polar surface area (TPSA) is 52.0 Å². The molecule has 5 heteroatoms. The van der Waals surface area contributed by atoms with Crippen molar-refractivity contribution >= 4 is 21.9 Å². The van der Waals surface area contributed by atoms with E-state index in [2.05, 4.69) is 33.1 Å². The Hall–Kier alpha value is -1.98. The molecule has 2 heterocycles. The molecule has 0 amide bonds. The van der Waals surface area contributed by atoms with Crippen molar-refractivity contribution in [2.24, 2.45) is 0 Å². The molecule has 0 spiro atoms. The number of nitrogens with zero attached hydrogens (tertiary/aromatic N) is 3. The van der Waals surface area contributed by atoms with E-state index in [0.29, 0.717) is 6.61 Å². The molecule has 0 atom stereocenters. The van der Waals surface area contributed by atoms with Crippen LogP contribution in [0.2, 0.25) is 0 Å². The smallest absolute Gasteiger partial charge is 0.112 e. The van der Waals surface area contributed by atoms with Gasteiger partial charge in [-0.2, -0.15) is 0 Å². The number of fused-ring (bicyclic) bond motifs is 3. The summed E-state index contributed by atoms with van der Waals surface area (Å²) in [4.78, 5) is 9.47.